The molecule has 0 aliphatic rings. The van der Waals surface area contributed by atoms with E-state index in [2.05, 4.69) is 5.32 Å². The zero-order chi connectivity index (χ0) is 14.7. The Kier molecular flexibility index (Phi) is 3.93. The van der Waals surface area contributed by atoms with E-state index in [-0.39, 0.29) is 12.6 Å². The lowest BCUT2D eigenvalue weighted by Crippen LogP contribution is -2.36. The smallest absolute Gasteiger partial charge is 0.321 e. The Bertz CT molecular complexity index is 635. The van der Waals surface area contributed by atoms with Crippen molar-refractivity contribution in [3.63, 3.8) is 0 Å². The summed E-state index contributed by atoms with van der Waals surface area (Å²) in [5.41, 5.74) is 1.29. The molecular weight excluding hydrogens is 260 g/mol. The van der Waals surface area contributed by atoms with Gasteiger partial charge in [-0.3, -0.25) is 4.79 Å². The van der Waals surface area contributed by atoms with E-state index >= 15 is 0 Å². The summed E-state index contributed by atoms with van der Waals surface area (Å²) in [4.78, 5) is 24.0. The van der Waals surface area contributed by atoms with E-state index in [1.807, 2.05) is 12.1 Å². The van der Waals surface area contributed by atoms with E-state index in [1.54, 1.807) is 32.4 Å². The highest BCUT2D eigenvalue weighted by Crippen LogP contribution is 2.20. The number of benzene rings is 1. The molecule has 20 heavy (non-hydrogen) atoms. The van der Waals surface area contributed by atoms with Crippen LogP contribution < -0.4 is 5.32 Å². The maximum atomic E-state index is 11.9. The first-order chi connectivity index (χ1) is 9.47. The van der Waals surface area contributed by atoms with Crippen LogP contribution in [0.4, 0.5) is 10.5 Å². The fraction of sp³-hybridized carbons (Fsp3) is 0.286. The molecule has 0 fully saturated rings. The average Bonchev–Trinajstić information content (AvgIpc) is 2.85. The van der Waals surface area contributed by atoms with Crippen LogP contribution in [0.3, 0.4) is 0 Å². The monoisotopic (exact) mass is 276 g/mol. The van der Waals surface area contributed by atoms with Gasteiger partial charge in [0.1, 0.15) is 5.58 Å². The molecule has 2 rings (SSSR count). The van der Waals surface area contributed by atoms with Gasteiger partial charge in [-0.2, -0.15) is 0 Å². The second kappa shape index (κ2) is 5.64. The molecule has 1 atom stereocenters. The second-order valence-corrected chi connectivity index (χ2v) is 4.72. The van der Waals surface area contributed by atoms with Crippen LogP contribution in [0.15, 0.2) is 34.9 Å². The number of urea groups is 1. The minimum absolute atomic E-state index is 0.143. The predicted molar refractivity (Wildman–Crippen MR) is 74.7 cm³/mol. The Morgan fingerprint density at radius 1 is 1.40 bits per heavy atom. The third kappa shape index (κ3) is 3.09. The lowest BCUT2D eigenvalue weighted by Gasteiger charge is -2.19. The number of amides is 2. The number of furan rings is 1. The molecule has 2 aromatic rings. The number of fused-ring (bicyclic) bond motifs is 1. The van der Waals surface area contributed by atoms with E-state index in [0.717, 1.165) is 5.39 Å². The first kappa shape index (κ1) is 13.9. The van der Waals surface area contributed by atoms with Crippen LogP contribution in [0.25, 0.3) is 11.0 Å². The van der Waals surface area contributed by atoms with Crippen molar-refractivity contribution < 1.29 is 19.1 Å². The van der Waals surface area contributed by atoms with E-state index in [0.29, 0.717) is 11.3 Å². The quantitative estimate of drug-likeness (QED) is 0.899. The Morgan fingerprint density at radius 3 is 2.85 bits per heavy atom. The Morgan fingerprint density at radius 2 is 2.15 bits per heavy atom. The highest BCUT2D eigenvalue weighted by molar-refractivity contribution is 5.92. The van der Waals surface area contributed by atoms with Crippen LogP contribution in [0.2, 0.25) is 0 Å². The summed E-state index contributed by atoms with van der Waals surface area (Å²) in [6.45, 7) is 1.70. The van der Waals surface area contributed by atoms with Crippen LogP contribution in [-0.4, -0.2) is 35.6 Å². The largest absolute Gasteiger partial charge is 0.481 e. The van der Waals surface area contributed by atoms with Crippen molar-refractivity contribution in [2.75, 3.05) is 18.9 Å². The van der Waals surface area contributed by atoms with Gasteiger partial charge in [0.25, 0.3) is 0 Å². The van der Waals surface area contributed by atoms with Crippen molar-refractivity contribution in [1.29, 1.82) is 0 Å². The fourth-order valence-electron chi connectivity index (χ4n) is 1.82. The maximum Gasteiger partial charge on any atom is 0.321 e. The number of carbonyl (C=O) groups excluding carboxylic acids is 1. The van der Waals surface area contributed by atoms with Gasteiger partial charge in [-0.05, 0) is 18.2 Å². The number of aliphatic carboxylic acids is 1. The Balaban J connectivity index is 2.01. The number of nitrogens with zero attached hydrogens (tertiary/aromatic N) is 1. The molecule has 1 unspecified atom stereocenters. The van der Waals surface area contributed by atoms with Crippen molar-refractivity contribution in [3.05, 3.63) is 30.5 Å². The van der Waals surface area contributed by atoms with Crippen LogP contribution in [0.5, 0.6) is 0 Å². The number of hydrogen-bond acceptors (Lipinski definition) is 3. The normalized spacial score (nSPS) is 12.1. The minimum Gasteiger partial charge on any atom is -0.481 e. The first-order valence-electron chi connectivity index (χ1n) is 6.19. The summed E-state index contributed by atoms with van der Waals surface area (Å²) in [5.74, 6) is -1.54. The minimum atomic E-state index is -0.929. The van der Waals surface area contributed by atoms with Gasteiger partial charge in [0.05, 0.1) is 12.2 Å². The molecule has 2 amide bonds. The lowest BCUT2D eigenvalue weighted by molar-refractivity contribution is -0.141. The molecule has 1 aromatic heterocycles. The fourth-order valence-corrected chi connectivity index (χ4v) is 1.82. The van der Waals surface area contributed by atoms with Gasteiger partial charge in [0.2, 0.25) is 0 Å². The standard InChI is InChI=1S/C14H16N2O4/c1-9(13(17)18)8-16(2)14(19)15-11-4-3-10-5-6-20-12(10)7-11/h3-7,9H,8H2,1-2H3,(H,15,19)(H,17,18). The molecule has 6 heteroatoms. The van der Waals surface area contributed by atoms with Crippen molar-refractivity contribution in [1.82, 2.24) is 4.90 Å². The lowest BCUT2D eigenvalue weighted by atomic mass is 10.2. The van der Waals surface area contributed by atoms with Crippen LogP contribution in [-0.2, 0) is 4.79 Å². The Labute approximate surface area is 116 Å². The van der Waals surface area contributed by atoms with Gasteiger partial charge < -0.3 is 19.7 Å². The molecule has 0 saturated carbocycles. The molecule has 1 heterocycles. The molecular formula is C14H16N2O4. The summed E-state index contributed by atoms with van der Waals surface area (Å²) in [6.07, 6.45) is 1.58. The average molecular weight is 276 g/mol. The van der Waals surface area contributed by atoms with Crippen LogP contribution in [0, 0.1) is 5.92 Å². The van der Waals surface area contributed by atoms with Gasteiger partial charge in [0, 0.05) is 30.7 Å². The number of anilines is 1. The summed E-state index contributed by atoms with van der Waals surface area (Å²) >= 11 is 0. The number of carboxylic acids is 1. The number of nitrogens with one attached hydrogen (secondary N) is 1. The first-order valence-corrected chi connectivity index (χ1v) is 6.19. The third-order valence-corrected chi connectivity index (χ3v) is 3.02. The van der Waals surface area contributed by atoms with Gasteiger partial charge in [-0.25, -0.2) is 4.79 Å². The molecule has 0 saturated heterocycles. The topological polar surface area (TPSA) is 82.8 Å². The molecule has 0 aliphatic heterocycles. The maximum absolute atomic E-state index is 11.9. The molecule has 0 aliphatic carbocycles. The third-order valence-electron chi connectivity index (χ3n) is 3.02. The van der Waals surface area contributed by atoms with E-state index in [4.69, 9.17) is 9.52 Å². The molecule has 2 N–H and O–H groups in total. The SMILES string of the molecule is CC(CN(C)C(=O)Nc1ccc2ccoc2c1)C(=O)O. The van der Waals surface area contributed by atoms with Crippen LogP contribution >= 0.6 is 0 Å². The highest BCUT2D eigenvalue weighted by Gasteiger charge is 2.17. The highest BCUT2D eigenvalue weighted by atomic mass is 16.4. The summed E-state index contributed by atoms with van der Waals surface area (Å²) in [7, 11) is 1.56. The molecule has 6 nitrogen and oxygen atoms in total. The van der Waals surface area contributed by atoms with Crippen molar-refractivity contribution in [2.24, 2.45) is 5.92 Å². The van der Waals surface area contributed by atoms with Gasteiger partial charge >= 0.3 is 12.0 Å². The zero-order valence-corrected chi connectivity index (χ0v) is 11.3. The summed E-state index contributed by atoms with van der Waals surface area (Å²) < 4.78 is 5.25. The molecule has 106 valence electrons. The van der Waals surface area contributed by atoms with Crippen molar-refractivity contribution in [3.8, 4) is 0 Å². The molecule has 1 aromatic carbocycles. The van der Waals surface area contributed by atoms with E-state index < -0.39 is 11.9 Å². The van der Waals surface area contributed by atoms with Crippen molar-refractivity contribution in [2.45, 2.75) is 6.92 Å². The number of hydrogen-bond donors (Lipinski definition) is 2. The van der Waals surface area contributed by atoms with E-state index in [9.17, 15) is 9.59 Å². The molecule has 0 spiro atoms. The predicted octanol–water partition coefficient (Wildman–Crippen LogP) is 2.62. The number of carbonyl (C=O) groups is 2. The summed E-state index contributed by atoms with van der Waals surface area (Å²) in [5, 5.41) is 12.5. The number of rotatable bonds is 4. The van der Waals surface area contributed by atoms with E-state index in [1.165, 1.54) is 4.90 Å². The second-order valence-electron chi connectivity index (χ2n) is 4.72. The van der Waals surface area contributed by atoms with Gasteiger partial charge in [-0.1, -0.05) is 6.92 Å². The molecule has 0 bridgehead atoms. The Hall–Kier alpha value is -2.50. The van der Waals surface area contributed by atoms with Gasteiger partial charge in [-0.15, -0.1) is 0 Å². The number of carboxylic acid groups (broad SMARTS) is 1. The van der Waals surface area contributed by atoms with Crippen molar-refractivity contribution >= 4 is 28.7 Å². The molecule has 0 radical (unpaired) electrons. The summed E-state index contributed by atoms with van der Waals surface area (Å²) in [6, 6.07) is 6.81. The zero-order valence-electron chi connectivity index (χ0n) is 11.3. The van der Waals surface area contributed by atoms with Gasteiger partial charge in [0.15, 0.2) is 0 Å². The van der Waals surface area contributed by atoms with Crippen LogP contribution in [0.1, 0.15) is 6.92 Å².